The third kappa shape index (κ3) is 3.57. The summed E-state index contributed by atoms with van der Waals surface area (Å²) in [6.07, 6.45) is -0.237. The first-order valence-corrected chi connectivity index (χ1v) is 5.29. The Morgan fingerprint density at radius 1 is 1.41 bits per heavy atom. The summed E-state index contributed by atoms with van der Waals surface area (Å²) in [4.78, 5) is 22.4. The van der Waals surface area contributed by atoms with Crippen molar-refractivity contribution < 1.29 is 19.4 Å². The molecule has 1 aromatic carbocycles. The summed E-state index contributed by atoms with van der Waals surface area (Å²) in [5.74, 6) is -1.06. The van der Waals surface area contributed by atoms with Gasteiger partial charge in [0, 0.05) is 6.42 Å². The third-order valence-electron chi connectivity index (χ3n) is 2.21. The SMILES string of the molecule is CCOc1ccccc1C(=O)C[C@@H](N)C(=O)O. The number of carboxylic acid groups (broad SMARTS) is 1. The summed E-state index contributed by atoms with van der Waals surface area (Å²) >= 11 is 0. The van der Waals surface area contributed by atoms with Gasteiger partial charge in [-0.1, -0.05) is 12.1 Å². The molecule has 5 heteroatoms. The molecular formula is C12H15NO4. The summed E-state index contributed by atoms with van der Waals surface area (Å²) in [6, 6.07) is 5.53. The quantitative estimate of drug-likeness (QED) is 0.722. The van der Waals surface area contributed by atoms with Gasteiger partial charge in [0.1, 0.15) is 11.8 Å². The van der Waals surface area contributed by atoms with Crippen molar-refractivity contribution in [2.45, 2.75) is 19.4 Å². The number of ether oxygens (including phenoxy) is 1. The lowest BCUT2D eigenvalue weighted by Gasteiger charge is -2.10. The van der Waals surface area contributed by atoms with Crippen molar-refractivity contribution in [2.24, 2.45) is 5.73 Å². The Morgan fingerprint density at radius 2 is 2.06 bits per heavy atom. The van der Waals surface area contributed by atoms with Gasteiger partial charge in [0.15, 0.2) is 5.78 Å². The largest absolute Gasteiger partial charge is 0.493 e. The number of aliphatic carboxylic acids is 1. The number of benzene rings is 1. The number of ketones is 1. The third-order valence-corrected chi connectivity index (χ3v) is 2.21. The van der Waals surface area contributed by atoms with Gasteiger partial charge in [-0.05, 0) is 19.1 Å². The Hall–Kier alpha value is -1.88. The van der Waals surface area contributed by atoms with E-state index in [0.717, 1.165) is 0 Å². The molecule has 0 aliphatic rings. The number of nitrogens with two attached hydrogens (primary N) is 1. The van der Waals surface area contributed by atoms with E-state index >= 15 is 0 Å². The molecule has 0 saturated carbocycles. The molecule has 1 atom stereocenters. The molecule has 0 saturated heterocycles. The van der Waals surface area contributed by atoms with Crippen LogP contribution in [0.1, 0.15) is 23.7 Å². The van der Waals surface area contributed by atoms with Crippen molar-refractivity contribution in [3.63, 3.8) is 0 Å². The Kier molecular flexibility index (Phi) is 4.66. The maximum absolute atomic E-state index is 11.8. The number of hydrogen-bond acceptors (Lipinski definition) is 4. The summed E-state index contributed by atoms with van der Waals surface area (Å²) < 4.78 is 5.29. The van der Waals surface area contributed by atoms with Gasteiger partial charge < -0.3 is 15.6 Å². The Balaban J connectivity index is 2.84. The van der Waals surface area contributed by atoms with Gasteiger partial charge in [0.2, 0.25) is 0 Å². The highest BCUT2D eigenvalue weighted by Gasteiger charge is 2.19. The fraction of sp³-hybridized carbons (Fsp3) is 0.333. The average molecular weight is 237 g/mol. The minimum absolute atomic E-state index is 0.237. The zero-order chi connectivity index (χ0) is 12.8. The van der Waals surface area contributed by atoms with Crippen LogP contribution in [0, 0.1) is 0 Å². The van der Waals surface area contributed by atoms with E-state index in [1.807, 2.05) is 6.92 Å². The highest BCUT2D eigenvalue weighted by molar-refractivity contribution is 6.00. The molecule has 5 nitrogen and oxygen atoms in total. The molecule has 3 N–H and O–H groups in total. The van der Waals surface area contributed by atoms with Crippen LogP contribution in [0.3, 0.4) is 0 Å². The highest BCUT2D eigenvalue weighted by Crippen LogP contribution is 2.19. The first-order valence-electron chi connectivity index (χ1n) is 5.29. The Bertz CT molecular complexity index is 417. The van der Waals surface area contributed by atoms with Crippen LogP contribution in [0.4, 0.5) is 0 Å². The lowest BCUT2D eigenvalue weighted by Crippen LogP contribution is -2.32. The predicted octanol–water partition coefficient (Wildman–Crippen LogP) is 1.07. The first kappa shape index (κ1) is 13.2. The van der Waals surface area contributed by atoms with E-state index in [4.69, 9.17) is 15.6 Å². The molecule has 0 aliphatic carbocycles. The second-order valence-corrected chi connectivity index (χ2v) is 3.50. The molecule has 92 valence electrons. The number of carbonyl (C=O) groups excluding carboxylic acids is 1. The molecular weight excluding hydrogens is 222 g/mol. The standard InChI is InChI=1S/C12H15NO4/c1-2-17-11-6-4-3-5-8(11)10(14)7-9(13)12(15)16/h3-6,9H,2,7,13H2,1H3,(H,15,16)/t9-/m1/s1. The molecule has 0 aliphatic heterocycles. The number of para-hydroxylation sites is 1. The van der Waals surface area contributed by atoms with E-state index in [9.17, 15) is 9.59 Å². The molecule has 0 radical (unpaired) electrons. The minimum Gasteiger partial charge on any atom is -0.493 e. The van der Waals surface area contributed by atoms with E-state index in [1.165, 1.54) is 0 Å². The van der Waals surface area contributed by atoms with Crippen LogP contribution < -0.4 is 10.5 Å². The lowest BCUT2D eigenvalue weighted by molar-refractivity contribution is -0.138. The Morgan fingerprint density at radius 3 is 2.65 bits per heavy atom. The first-order chi connectivity index (χ1) is 8.06. The van der Waals surface area contributed by atoms with Gasteiger partial charge in [-0.2, -0.15) is 0 Å². The summed E-state index contributed by atoms with van der Waals surface area (Å²) in [5.41, 5.74) is 5.68. The topological polar surface area (TPSA) is 89.6 Å². The van der Waals surface area contributed by atoms with Crippen molar-refractivity contribution in [2.75, 3.05) is 6.61 Å². The molecule has 0 spiro atoms. The molecule has 0 bridgehead atoms. The van der Waals surface area contributed by atoms with E-state index in [-0.39, 0.29) is 12.2 Å². The van der Waals surface area contributed by atoms with E-state index in [0.29, 0.717) is 17.9 Å². The van der Waals surface area contributed by atoms with Crippen molar-refractivity contribution >= 4 is 11.8 Å². The maximum Gasteiger partial charge on any atom is 0.320 e. The minimum atomic E-state index is -1.19. The van der Waals surface area contributed by atoms with Crippen LogP contribution >= 0.6 is 0 Å². The van der Waals surface area contributed by atoms with Crippen molar-refractivity contribution in [3.8, 4) is 5.75 Å². The maximum atomic E-state index is 11.8. The van der Waals surface area contributed by atoms with Crippen LogP contribution in [-0.2, 0) is 4.79 Å². The molecule has 17 heavy (non-hydrogen) atoms. The monoisotopic (exact) mass is 237 g/mol. The van der Waals surface area contributed by atoms with Crippen molar-refractivity contribution in [1.82, 2.24) is 0 Å². The number of hydrogen-bond donors (Lipinski definition) is 2. The van der Waals surface area contributed by atoms with E-state index in [1.54, 1.807) is 24.3 Å². The second kappa shape index (κ2) is 6.00. The lowest BCUT2D eigenvalue weighted by atomic mass is 10.0. The van der Waals surface area contributed by atoms with Gasteiger partial charge >= 0.3 is 5.97 Å². The number of carbonyl (C=O) groups is 2. The smallest absolute Gasteiger partial charge is 0.320 e. The fourth-order valence-corrected chi connectivity index (χ4v) is 1.38. The Labute approximate surface area is 99.2 Å². The average Bonchev–Trinajstić information content (AvgIpc) is 2.29. The van der Waals surface area contributed by atoms with Gasteiger partial charge in [0.25, 0.3) is 0 Å². The molecule has 0 unspecified atom stereocenters. The van der Waals surface area contributed by atoms with Crippen LogP contribution in [-0.4, -0.2) is 29.5 Å². The van der Waals surface area contributed by atoms with Gasteiger partial charge in [0.05, 0.1) is 12.2 Å². The molecule has 0 amide bonds. The predicted molar refractivity (Wildman–Crippen MR) is 62.2 cm³/mol. The summed E-state index contributed by atoms with van der Waals surface area (Å²) in [7, 11) is 0. The highest BCUT2D eigenvalue weighted by atomic mass is 16.5. The molecule has 0 fully saturated rings. The molecule has 1 rings (SSSR count). The molecule has 0 aromatic heterocycles. The van der Waals surface area contributed by atoms with Crippen LogP contribution in [0.15, 0.2) is 24.3 Å². The van der Waals surface area contributed by atoms with Crippen LogP contribution in [0.5, 0.6) is 5.75 Å². The molecule has 0 heterocycles. The van der Waals surface area contributed by atoms with Crippen LogP contribution in [0.2, 0.25) is 0 Å². The fourth-order valence-electron chi connectivity index (χ4n) is 1.38. The number of carboxylic acids is 1. The summed E-state index contributed by atoms with van der Waals surface area (Å²) in [5, 5.41) is 8.64. The van der Waals surface area contributed by atoms with Crippen LogP contribution in [0.25, 0.3) is 0 Å². The van der Waals surface area contributed by atoms with E-state index < -0.39 is 12.0 Å². The zero-order valence-electron chi connectivity index (χ0n) is 9.55. The number of rotatable bonds is 6. The summed E-state index contributed by atoms with van der Waals surface area (Å²) in [6.45, 7) is 2.25. The van der Waals surface area contributed by atoms with Gasteiger partial charge in [-0.3, -0.25) is 9.59 Å². The normalized spacial score (nSPS) is 11.9. The van der Waals surface area contributed by atoms with Gasteiger partial charge in [-0.15, -0.1) is 0 Å². The van der Waals surface area contributed by atoms with E-state index in [2.05, 4.69) is 0 Å². The number of Topliss-reactive ketones (excluding diaryl/α,β-unsaturated/α-hetero) is 1. The van der Waals surface area contributed by atoms with Crippen molar-refractivity contribution in [1.29, 1.82) is 0 Å². The molecule has 1 aromatic rings. The van der Waals surface area contributed by atoms with Gasteiger partial charge in [-0.25, -0.2) is 0 Å². The second-order valence-electron chi connectivity index (χ2n) is 3.50. The zero-order valence-corrected chi connectivity index (χ0v) is 9.55. The van der Waals surface area contributed by atoms with Crippen molar-refractivity contribution in [3.05, 3.63) is 29.8 Å².